The van der Waals surface area contributed by atoms with E-state index in [9.17, 15) is 36.0 Å². The first-order valence-electron chi connectivity index (χ1n) is 12.3. The molecule has 2 fully saturated rings. The Kier molecular flexibility index (Phi) is 6.70. The Bertz CT molecular complexity index is 1400. The minimum absolute atomic E-state index is 0.0408. The highest BCUT2D eigenvalue weighted by Gasteiger charge is 2.40. The molecule has 0 aromatic heterocycles. The van der Waals surface area contributed by atoms with Crippen LogP contribution in [0.15, 0.2) is 42.5 Å². The smallest absolute Gasteiger partial charge is 0.371 e. The molecule has 1 N–H and O–H groups in total. The number of carbonyl (C=O) groups excluding carboxylic acids is 3. The van der Waals surface area contributed by atoms with Crippen molar-refractivity contribution < 1.29 is 36.0 Å². The normalized spacial score (nSPS) is 21.6. The van der Waals surface area contributed by atoms with Crippen molar-refractivity contribution in [1.82, 2.24) is 10.2 Å². The van der Waals surface area contributed by atoms with E-state index < -0.39 is 33.4 Å². The summed E-state index contributed by atoms with van der Waals surface area (Å²) in [5.41, 5.74) is 0.296. The van der Waals surface area contributed by atoms with E-state index in [4.69, 9.17) is 0 Å². The van der Waals surface area contributed by atoms with Crippen LogP contribution in [0.4, 0.5) is 18.9 Å². The number of piperidine rings is 1. The van der Waals surface area contributed by atoms with Crippen LogP contribution in [-0.2, 0) is 27.4 Å². The van der Waals surface area contributed by atoms with Crippen molar-refractivity contribution in [2.24, 2.45) is 5.92 Å². The Morgan fingerprint density at radius 2 is 1.71 bits per heavy atom. The molecule has 202 valence electrons. The standard InChI is InChI=1S/C26H26F3N3O5S/c27-26(28,29)18-4-1-3-16(13-18)14-32-24(34)20-5-2-6-21(22(20)25(32)35)31-10-7-17(8-11-31)23(33)30-19-9-12-38(36,37)15-19/h1-6,13,17,19H,7-12,14-15H2,(H,30,33). The van der Waals surface area contributed by atoms with Gasteiger partial charge in [-0.15, -0.1) is 0 Å². The maximum absolute atomic E-state index is 13.3. The molecule has 2 aromatic rings. The number of nitrogens with one attached hydrogen (secondary N) is 1. The van der Waals surface area contributed by atoms with Crippen molar-refractivity contribution in [2.75, 3.05) is 29.5 Å². The number of fused-ring (bicyclic) bond motifs is 1. The fourth-order valence-electron chi connectivity index (χ4n) is 5.36. The van der Waals surface area contributed by atoms with Crippen LogP contribution in [0.3, 0.4) is 0 Å². The van der Waals surface area contributed by atoms with Crippen LogP contribution < -0.4 is 10.2 Å². The molecule has 8 nitrogen and oxygen atoms in total. The van der Waals surface area contributed by atoms with Crippen LogP contribution in [-0.4, -0.2) is 61.7 Å². The van der Waals surface area contributed by atoms with Crippen molar-refractivity contribution in [3.8, 4) is 0 Å². The second-order valence-corrected chi connectivity index (χ2v) is 12.2. The Labute approximate surface area is 217 Å². The first-order chi connectivity index (χ1) is 17.9. The maximum atomic E-state index is 13.3. The highest BCUT2D eigenvalue weighted by Crippen LogP contribution is 2.35. The summed E-state index contributed by atoms with van der Waals surface area (Å²) in [5.74, 6) is -1.57. The van der Waals surface area contributed by atoms with Gasteiger partial charge in [-0.1, -0.05) is 18.2 Å². The Morgan fingerprint density at radius 1 is 1.00 bits per heavy atom. The summed E-state index contributed by atoms with van der Waals surface area (Å²) in [6, 6.07) is 9.10. The molecule has 5 rings (SSSR count). The molecule has 38 heavy (non-hydrogen) atoms. The molecular formula is C26H26F3N3O5S. The predicted molar refractivity (Wildman–Crippen MR) is 132 cm³/mol. The Hall–Kier alpha value is -3.41. The SMILES string of the molecule is O=C(NC1CCS(=O)(=O)C1)C1CCN(c2cccc3c2C(=O)N(Cc2cccc(C(F)(F)F)c2)C3=O)CC1. The molecule has 0 spiro atoms. The van der Waals surface area contributed by atoms with Gasteiger partial charge in [0.1, 0.15) is 0 Å². The van der Waals surface area contributed by atoms with Gasteiger partial charge < -0.3 is 10.2 Å². The number of benzene rings is 2. The molecule has 1 unspecified atom stereocenters. The molecule has 12 heteroatoms. The first-order valence-corrected chi connectivity index (χ1v) is 14.2. The van der Waals surface area contributed by atoms with Crippen LogP contribution in [0.1, 0.15) is 51.1 Å². The zero-order valence-corrected chi connectivity index (χ0v) is 21.1. The summed E-state index contributed by atoms with van der Waals surface area (Å²) in [6.07, 6.45) is -3.14. The van der Waals surface area contributed by atoms with Crippen molar-refractivity contribution >= 4 is 33.2 Å². The zero-order chi connectivity index (χ0) is 27.2. The molecule has 2 aromatic carbocycles. The molecule has 0 bridgehead atoms. The molecule has 3 amide bonds. The lowest BCUT2D eigenvalue weighted by atomic mass is 9.94. The van der Waals surface area contributed by atoms with Gasteiger partial charge in [-0.2, -0.15) is 13.2 Å². The third-order valence-electron chi connectivity index (χ3n) is 7.36. The number of sulfone groups is 1. The Balaban J connectivity index is 1.27. The number of imide groups is 1. The summed E-state index contributed by atoms with van der Waals surface area (Å²) in [4.78, 5) is 41.9. The van der Waals surface area contributed by atoms with Crippen LogP contribution in [0.5, 0.6) is 0 Å². The molecular weight excluding hydrogens is 523 g/mol. The van der Waals surface area contributed by atoms with E-state index in [1.807, 2.05) is 4.90 Å². The summed E-state index contributed by atoms with van der Waals surface area (Å²) in [5, 5.41) is 2.84. The van der Waals surface area contributed by atoms with Gasteiger partial charge in [-0.3, -0.25) is 19.3 Å². The minimum Gasteiger partial charge on any atom is -0.371 e. The highest BCUT2D eigenvalue weighted by molar-refractivity contribution is 7.91. The monoisotopic (exact) mass is 549 g/mol. The fraction of sp³-hybridized carbons (Fsp3) is 0.423. The van der Waals surface area contributed by atoms with Crippen molar-refractivity contribution in [3.05, 3.63) is 64.7 Å². The largest absolute Gasteiger partial charge is 0.416 e. The van der Waals surface area contributed by atoms with Crippen molar-refractivity contribution in [2.45, 2.75) is 38.0 Å². The molecule has 0 radical (unpaired) electrons. The lowest BCUT2D eigenvalue weighted by molar-refractivity contribution is -0.137. The summed E-state index contributed by atoms with van der Waals surface area (Å²) in [7, 11) is -3.10. The molecule has 1 atom stereocenters. The van der Waals surface area contributed by atoms with E-state index in [0.717, 1.165) is 17.0 Å². The average molecular weight is 550 g/mol. The van der Waals surface area contributed by atoms with E-state index >= 15 is 0 Å². The lowest BCUT2D eigenvalue weighted by Crippen LogP contribution is -2.44. The lowest BCUT2D eigenvalue weighted by Gasteiger charge is -2.34. The summed E-state index contributed by atoms with van der Waals surface area (Å²) >= 11 is 0. The van der Waals surface area contributed by atoms with E-state index in [0.29, 0.717) is 38.0 Å². The molecule has 3 aliphatic rings. The molecule has 2 saturated heterocycles. The van der Waals surface area contributed by atoms with Crippen LogP contribution in [0.25, 0.3) is 0 Å². The topological polar surface area (TPSA) is 104 Å². The van der Waals surface area contributed by atoms with Gasteiger partial charge in [0, 0.05) is 25.0 Å². The second kappa shape index (κ2) is 9.72. The van der Waals surface area contributed by atoms with Gasteiger partial charge in [0.15, 0.2) is 9.84 Å². The summed E-state index contributed by atoms with van der Waals surface area (Å²) < 4.78 is 62.7. The van der Waals surface area contributed by atoms with Gasteiger partial charge in [0.2, 0.25) is 5.91 Å². The highest BCUT2D eigenvalue weighted by atomic mass is 32.2. The number of carbonyl (C=O) groups is 3. The quantitative estimate of drug-likeness (QED) is 0.576. The number of hydrogen-bond donors (Lipinski definition) is 1. The van der Waals surface area contributed by atoms with Crippen molar-refractivity contribution in [1.29, 1.82) is 0 Å². The maximum Gasteiger partial charge on any atom is 0.416 e. The van der Waals surface area contributed by atoms with Crippen LogP contribution in [0.2, 0.25) is 0 Å². The van der Waals surface area contributed by atoms with E-state index in [1.54, 1.807) is 12.1 Å². The number of rotatable bonds is 5. The van der Waals surface area contributed by atoms with Crippen LogP contribution in [0, 0.1) is 5.92 Å². The number of hydrogen-bond acceptors (Lipinski definition) is 6. The van der Waals surface area contributed by atoms with Gasteiger partial charge >= 0.3 is 6.18 Å². The summed E-state index contributed by atoms with van der Waals surface area (Å²) in [6.45, 7) is 0.619. The van der Waals surface area contributed by atoms with Gasteiger partial charge in [0.25, 0.3) is 11.8 Å². The second-order valence-electron chi connectivity index (χ2n) is 9.96. The number of halogens is 3. The van der Waals surface area contributed by atoms with Gasteiger partial charge in [0.05, 0.1) is 40.4 Å². The van der Waals surface area contributed by atoms with Crippen molar-refractivity contribution in [3.63, 3.8) is 0 Å². The Morgan fingerprint density at radius 3 is 2.37 bits per heavy atom. The van der Waals surface area contributed by atoms with E-state index in [2.05, 4.69) is 5.32 Å². The first kappa shape index (κ1) is 26.2. The third-order valence-corrected chi connectivity index (χ3v) is 9.13. The molecule has 3 heterocycles. The fourth-order valence-corrected chi connectivity index (χ4v) is 7.04. The number of anilines is 1. The minimum atomic E-state index is -4.54. The zero-order valence-electron chi connectivity index (χ0n) is 20.3. The van der Waals surface area contributed by atoms with Gasteiger partial charge in [-0.05, 0) is 49.1 Å². The molecule has 0 aliphatic carbocycles. The van der Waals surface area contributed by atoms with Gasteiger partial charge in [-0.25, -0.2) is 8.42 Å². The number of amides is 3. The van der Waals surface area contributed by atoms with E-state index in [-0.39, 0.29) is 52.6 Å². The third kappa shape index (κ3) is 5.13. The number of alkyl halides is 3. The van der Waals surface area contributed by atoms with E-state index in [1.165, 1.54) is 18.2 Å². The molecule has 3 aliphatic heterocycles. The van der Waals surface area contributed by atoms with Crippen LogP contribution >= 0.6 is 0 Å². The average Bonchev–Trinajstić information content (AvgIpc) is 3.34. The molecule has 0 saturated carbocycles. The predicted octanol–water partition coefficient (Wildman–Crippen LogP) is 3.02. The number of nitrogens with zero attached hydrogens (tertiary/aromatic N) is 2.